The van der Waals surface area contributed by atoms with Gasteiger partial charge in [-0.1, -0.05) is 42.5 Å². The summed E-state index contributed by atoms with van der Waals surface area (Å²) in [6.07, 6.45) is 0.822. The number of carbonyl (C=O) groups excluding carboxylic acids is 1. The summed E-state index contributed by atoms with van der Waals surface area (Å²) in [5.74, 6) is -0.123. The molecular formula is C23H22N2O3S. The molecule has 148 valence electrons. The lowest BCUT2D eigenvalue weighted by Gasteiger charge is -2.23. The molecule has 5 nitrogen and oxygen atoms in total. The summed E-state index contributed by atoms with van der Waals surface area (Å²) in [4.78, 5) is 15.1. The van der Waals surface area contributed by atoms with Crippen LogP contribution < -0.4 is 9.21 Å². The van der Waals surface area contributed by atoms with Crippen LogP contribution in [0.2, 0.25) is 0 Å². The molecule has 0 saturated heterocycles. The highest BCUT2D eigenvalue weighted by atomic mass is 32.2. The molecule has 0 unspecified atom stereocenters. The number of carbonyl (C=O) groups is 1. The number of para-hydroxylation sites is 1. The molecule has 0 spiro atoms. The van der Waals surface area contributed by atoms with Crippen LogP contribution >= 0.6 is 0 Å². The van der Waals surface area contributed by atoms with Crippen LogP contribution in [0.5, 0.6) is 0 Å². The molecule has 0 aromatic heterocycles. The molecule has 0 atom stereocenters. The van der Waals surface area contributed by atoms with Crippen molar-refractivity contribution in [2.75, 3.05) is 22.8 Å². The smallest absolute Gasteiger partial charge is 0.264 e. The Kier molecular flexibility index (Phi) is 4.88. The average Bonchev–Trinajstić information content (AvgIpc) is 3.18. The number of sulfonamides is 1. The summed E-state index contributed by atoms with van der Waals surface area (Å²) in [5.41, 5.74) is 3.82. The van der Waals surface area contributed by atoms with E-state index in [1.54, 1.807) is 53.4 Å². The number of rotatable bonds is 4. The lowest BCUT2D eigenvalue weighted by atomic mass is 10.1. The molecule has 0 bridgehead atoms. The van der Waals surface area contributed by atoms with E-state index in [-0.39, 0.29) is 10.8 Å². The summed E-state index contributed by atoms with van der Waals surface area (Å²) in [6.45, 7) is 2.46. The molecule has 0 aliphatic carbocycles. The molecule has 6 heteroatoms. The van der Waals surface area contributed by atoms with Gasteiger partial charge in [0.15, 0.2) is 0 Å². The highest BCUT2D eigenvalue weighted by Crippen LogP contribution is 2.31. The molecule has 0 N–H and O–H groups in total. The summed E-state index contributed by atoms with van der Waals surface area (Å²) in [6, 6.07) is 21.4. The van der Waals surface area contributed by atoms with Gasteiger partial charge in [0.25, 0.3) is 15.9 Å². The van der Waals surface area contributed by atoms with Crippen molar-refractivity contribution in [3.05, 3.63) is 89.5 Å². The van der Waals surface area contributed by atoms with Crippen LogP contribution in [0.1, 0.15) is 21.5 Å². The third-order valence-corrected chi connectivity index (χ3v) is 7.11. The molecule has 0 radical (unpaired) electrons. The zero-order valence-corrected chi connectivity index (χ0v) is 17.2. The monoisotopic (exact) mass is 406 g/mol. The van der Waals surface area contributed by atoms with Crippen molar-refractivity contribution in [3.8, 4) is 0 Å². The summed E-state index contributed by atoms with van der Waals surface area (Å²) >= 11 is 0. The zero-order chi connectivity index (χ0) is 20.6. The Balaban J connectivity index is 1.69. The van der Waals surface area contributed by atoms with Crippen LogP contribution in [0.4, 0.5) is 11.4 Å². The molecule has 1 amide bonds. The van der Waals surface area contributed by atoms with Gasteiger partial charge in [0.05, 0.1) is 10.6 Å². The van der Waals surface area contributed by atoms with Gasteiger partial charge in [0.2, 0.25) is 0 Å². The van der Waals surface area contributed by atoms with Crippen LogP contribution in [0, 0.1) is 6.92 Å². The zero-order valence-electron chi connectivity index (χ0n) is 16.4. The van der Waals surface area contributed by atoms with Crippen molar-refractivity contribution < 1.29 is 13.2 Å². The quantitative estimate of drug-likeness (QED) is 0.657. The predicted molar refractivity (Wildman–Crippen MR) is 115 cm³/mol. The molecule has 4 rings (SSSR count). The Morgan fingerprint density at radius 1 is 0.966 bits per heavy atom. The van der Waals surface area contributed by atoms with Gasteiger partial charge >= 0.3 is 0 Å². The van der Waals surface area contributed by atoms with E-state index in [1.807, 2.05) is 31.2 Å². The number of hydrogen-bond acceptors (Lipinski definition) is 3. The van der Waals surface area contributed by atoms with Gasteiger partial charge in [-0.15, -0.1) is 0 Å². The van der Waals surface area contributed by atoms with E-state index in [0.717, 1.165) is 23.2 Å². The van der Waals surface area contributed by atoms with Crippen LogP contribution in [0.25, 0.3) is 0 Å². The van der Waals surface area contributed by atoms with Gasteiger partial charge in [-0.05, 0) is 54.8 Å². The first-order valence-electron chi connectivity index (χ1n) is 9.44. The molecule has 29 heavy (non-hydrogen) atoms. The Hall–Kier alpha value is -3.12. The van der Waals surface area contributed by atoms with Gasteiger partial charge in [0, 0.05) is 24.8 Å². The molecule has 1 aliphatic rings. The van der Waals surface area contributed by atoms with Crippen LogP contribution in [-0.2, 0) is 16.4 Å². The van der Waals surface area contributed by atoms with E-state index in [9.17, 15) is 13.2 Å². The lowest BCUT2D eigenvalue weighted by molar-refractivity contribution is 0.0989. The normalized spacial score (nSPS) is 13.2. The fourth-order valence-electron chi connectivity index (χ4n) is 3.67. The van der Waals surface area contributed by atoms with E-state index < -0.39 is 10.0 Å². The standard InChI is InChI=1S/C23H22N2O3S/c1-17-12-13-19(23(26)25-15-14-18-8-6-7-11-21(18)25)16-22(17)24(2)29(27,28)20-9-4-3-5-10-20/h3-13,16H,14-15H2,1-2H3. The molecule has 0 saturated carbocycles. The maximum absolute atomic E-state index is 13.2. The highest BCUT2D eigenvalue weighted by molar-refractivity contribution is 7.92. The Bertz CT molecular complexity index is 1170. The van der Waals surface area contributed by atoms with Gasteiger partial charge in [-0.3, -0.25) is 9.10 Å². The molecule has 0 fully saturated rings. The van der Waals surface area contributed by atoms with Crippen LogP contribution in [-0.4, -0.2) is 27.9 Å². The number of anilines is 2. The van der Waals surface area contributed by atoms with E-state index in [4.69, 9.17) is 0 Å². The van der Waals surface area contributed by atoms with Gasteiger partial charge in [-0.25, -0.2) is 8.42 Å². The summed E-state index contributed by atoms with van der Waals surface area (Å²) in [7, 11) is -2.20. The van der Waals surface area contributed by atoms with Crippen molar-refractivity contribution in [3.63, 3.8) is 0 Å². The Labute approximate surface area is 171 Å². The Morgan fingerprint density at radius 2 is 1.66 bits per heavy atom. The van der Waals surface area contributed by atoms with E-state index in [0.29, 0.717) is 17.8 Å². The molecule has 1 heterocycles. The van der Waals surface area contributed by atoms with E-state index >= 15 is 0 Å². The van der Waals surface area contributed by atoms with Crippen LogP contribution in [0.3, 0.4) is 0 Å². The second-order valence-corrected chi connectivity index (χ2v) is 9.09. The summed E-state index contributed by atoms with van der Waals surface area (Å²) in [5, 5.41) is 0. The third-order valence-electron chi connectivity index (χ3n) is 5.33. The SMILES string of the molecule is Cc1ccc(C(=O)N2CCc3ccccc32)cc1N(C)S(=O)(=O)c1ccccc1. The lowest BCUT2D eigenvalue weighted by Crippen LogP contribution is -2.30. The largest absolute Gasteiger partial charge is 0.308 e. The number of hydrogen-bond donors (Lipinski definition) is 0. The number of nitrogens with zero attached hydrogens (tertiary/aromatic N) is 2. The summed E-state index contributed by atoms with van der Waals surface area (Å²) < 4.78 is 27.3. The first-order valence-corrected chi connectivity index (χ1v) is 10.9. The predicted octanol–water partition coefficient (Wildman–Crippen LogP) is 4.02. The van der Waals surface area contributed by atoms with E-state index in [1.165, 1.54) is 11.4 Å². The van der Waals surface area contributed by atoms with Gasteiger partial charge in [0.1, 0.15) is 0 Å². The Morgan fingerprint density at radius 3 is 2.41 bits per heavy atom. The van der Waals surface area contributed by atoms with Crippen molar-refractivity contribution in [2.24, 2.45) is 0 Å². The van der Waals surface area contributed by atoms with Gasteiger partial charge < -0.3 is 4.90 Å². The number of aryl methyl sites for hydroxylation is 1. The minimum atomic E-state index is -3.72. The molecule has 1 aliphatic heterocycles. The fourth-order valence-corrected chi connectivity index (χ4v) is 4.94. The molecule has 3 aromatic rings. The number of benzene rings is 3. The maximum atomic E-state index is 13.2. The first kappa shape index (κ1) is 19.2. The maximum Gasteiger partial charge on any atom is 0.264 e. The first-order chi connectivity index (χ1) is 13.9. The van der Waals surface area contributed by atoms with Crippen molar-refractivity contribution in [1.29, 1.82) is 0 Å². The second-order valence-electron chi connectivity index (χ2n) is 7.12. The van der Waals surface area contributed by atoms with Gasteiger partial charge in [-0.2, -0.15) is 0 Å². The second kappa shape index (κ2) is 7.37. The van der Waals surface area contributed by atoms with Crippen LogP contribution in [0.15, 0.2) is 77.7 Å². The van der Waals surface area contributed by atoms with Crippen molar-refractivity contribution in [2.45, 2.75) is 18.2 Å². The number of fused-ring (bicyclic) bond motifs is 1. The topological polar surface area (TPSA) is 57.7 Å². The minimum absolute atomic E-state index is 0.123. The third kappa shape index (κ3) is 3.40. The average molecular weight is 407 g/mol. The molecular weight excluding hydrogens is 384 g/mol. The van der Waals surface area contributed by atoms with Crippen molar-refractivity contribution >= 4 is 27.3 Å². The van der Waals surface area contributed by atoms with E-state index in [2.05, 4.69) is 0 Å². The minimum Gasteiger partial charge on any atom is -0.308 e. The van der Waals surface area contributed by atoms with Crippen molar-refractivity contribution in [1.82, 2.24) is 0 Å². The highest BCUT2D eigenvalue weighted by Gasteiger charge is 2.27. The molecule has 3 aromatic carbocycles. The number of amides is 1. The fraction of sp³-hybridized carbons (Fsp3) is 0.174.